The smallest absolute Gasteiger partial charge is 0.161 e. The molecule has 3 heteroatoms. The van der Waals surface area contributed by atoms with Gasteiger partial charge in [0, 0.05) is 17.2 Å². The molecule has 0 radical (unpaired) electrons. The fourth-order valence-corrected chi connectivity index (χ4v) is 4.86. The van der Waals surface area contributed by atoms with Gasteiger partial charge in [0.25, 0.3) is 0 Å². The van der Waals surface area contributed by atoms with Crippen molar-refractivity contribution in [2.75, 3.05) is 0 Å². The summed E-state index contributed by atoms with van der Waals surface area (Å²) in [4.78, 5) is 9.46. The lowest BCUT2D eigenvalue weighted by Gasteiger charge is -2.19. The molecule has 1 aromatic heterocycles. The Bertz CT molecular complexity index is 1590. The van der Waals surface area contributed by atoms with Crippen LogP contribution in [-0.4, -0.2) is 9.97 Å². The van der Waals surface area contributed by atoms with Crippen molar-refractivity contribution in [3.8, 4) is 56.0 Å². The van der Waals surface area contributed by atoms with Gasteiger partial charge in [-0.25, -0.2) is 9.97 Å². The van der Waals surface area contributed by atoms with Crippen molar-refractivity contribution in [1.29, 1.82) is 0 Å². The van der Waals surface area contributed by atoms with E-state index in [2.05, 4.69) is 96.0 Å². The fourth-order valence-electron chi connectivity index (χ4n) is 4.68. The Hall–Kier alpha value is -4.53. The third kappa shape index (κ3) is 4.80. The van der Waals surface area contributed by atoms with Gasteiger partial charge in [-0.1, -0.05) is 133 Å². The standard InChI is InChI=1S/C34H23ClN2/c35-32-23-31(36-34(37-32)27-19-11-4-12-20-27)28-21-29(24-13-5-1-6-14-24)33(26-17-9-3-10-18-26)30(22-28)25-15-7-2-8-16-25/h1-23H. The van der Waals surface area contributed by atoms with Crippen LogP contribution in [0.1, 0.15) is 0 Å². The summed E-state index contributed by atoms with van der Waals surface area (Å²) >= 11 is 6.54. The van der Waals surface area contributed by atoms with Crippen LogP contribution in [0.4, 0.5) is 0 Å². The fraction of sp³-hybridized carbons (Fsp3) is 0. The van der Waals surface area contributed by atoms with Crippen LogP contribution in [0.25, 0.3) is 56.0 Å². The summed E-state index contributed by atoms with van der Waals surface area (Å²) in [5, 5.41) is 0.415. The van der Waals surface area contributed by atoms with E-state index in [0.717, 1.165) is 44.6 Å². The summed E-state index contributed by atoms with van der Waals surface area (Å²) in [6.45, 7) is 0. The molecule has 5 aromatic carbocycles. The van der Waals surface area contributed by atoms with Crippen molar-refractivity contribution in [2.24, 2.45) is 0 Å². The minimum atomic E-state index is 0.415. The highest BCUT2D eigenvalue weighted by molar-refractivity contribution is 6.29. The highest BCUT2D eigenvalue weighted by Crippen LogP contribution is 2.43. The largest absolute Gasteiger partial charge is 0.228 e. The van der Waals surface area contributed by atoms with E-state index in [9.17, 15) is 0 Å². The minimum Gasteiger partial charge on any atom is -0.228 e. The van der Waals surface area contributed by atoms with E-state index >= 15 is 0 Å². The molecule has 176 valence electrons. The van der Waals surface area contributed by atoms with Gasteiger partial charge in [0.15, 0.2) is 5.82 Å². The SMILES string of the molecule is Clc1cc(-c2cc(-c3ccccc3)c(-c3ccccc3)c(-c3ccccc3)c2)nc(-c2ccccc2)n1. The average molecular weight is 495 g/mol. The summed E-state index contributed by atoms with van der Waals surface area (Å²) in [6, 6.07) is 47.8. The van der Waals surface area contributed by atoms with Crippen molar-refractivity contribution in [3.63, 3.8) is 0 Å². The van der Waals surface area contributed by atoms with E-state index in [1.807, 2.05) is 48.5 Å². The molecule has 0 bridgehead atoms. The zero-order valence-electron chi connectivity index (χ0n) is 20.1. The first-order valence-corrected chi connectivity index (χ1v) is 12.6. The van der Waals surface area contributed by atoms with Gasteiger partial charge in [0.05, 0.1) is 5.69 Å². The van der Waals surface area contributed by atoms with E-state index < -0.39 is 0 Å². The maximum absolute atomic E-state index is 6.54. The number of hydrogen-bond donors (Lipinski definition) is 0. The maximum atomic E-state index is 6.54. The second-order valence-electron chi connectivity index (χ2n) is 8.81. The number of halogens is 1. The molecule has 0 saturated heterocycles. The van der Waals surface area contributed by atoms with Gasteiger partial charge in [-0.2, -0.15) is 0 Å². The van der Waals surface area contributed by atoms with Crippen LogP contribution < -0.4 is 0 Å². The molecule has 0 N–H and O–H groups in total. The molecule has 0 aliphatic heterocycles. The second-order valence-corrected chi connectivity index (χ2v) is 9.20. The van der Waals surface area contributed by atoms with Crippen LogP contribution in [0.15, 0.2) is 140 Å². The Labute approximate surface area is 221 Å². The number of rotatable bonds is 5. The predicted molar refractivity (Wildman–Crippen MR) is 154 cm³/mol. The maximum Gasteiger partial charge on any atom is 0.161 e. The Balaban J connectivity index is 1.66. The Morgan fingerprint density at radius 3 is 1.32 bits per heavy atom. The van der Waals surface area contributed by atoms with Gasteiger partial charge in [-0.15, -0.1) is 0 Å². The first-order chi connectivity index (χ1) is 18.3. The highest BCUT2D eigenvalue weighted by atomic mass is 35.5. The van der Waals surface area contributed by atoms with Crippen LogP contribution in [0.3, 0.4) is 0 Å². The van der Waals surface area contributed by atoms with Gasteiger partial charge in [0.2, 0.25) is 0 Å². The van der Waals surface area contributed by atoms with Crippen LogP contribution in [0.2, 0.25) is 5.15 Å². The molecule has 37 heavy (non-hydrogen) atoms. The molecule has 6 rings (SSSR count). The summed E-state index contributed by atoms with van der Waals surface area (Å²) in [5.74, 6) is 0.609. The van der Waals surface area contributed by atoms with E-state index in [0.29, 0.717) is 11.0 Å². The van der Waals surface area contributed by atoms with E-state index in [1.54, 1.807) is 0 Å². The minimum absolute atomic E-state index is 0.415. The third-order valence-corrected chi connectivity index (χ3v) is 6.59. The molecule has 0 spiro atoms. The molecule has 0 amide bonds. The second kappa shape index (κ2) is 10.2. The van der Waals surface area contributed by atoms with Crippen LogP contribution in [-0.2, 0) is 0 Å². The third-order valence-electron chi connectivity index (χ3n) is 6.39. The van der Waals surface area contributed by atoms with Gasteiger partial charge < -0.3 is 0 Å². The van der Waals surface area contributed by atoms with Crippen molar-refractivity contribution >= 4 is 11.6 Å². The van der Waals surface area contributed by atoms with E-state index in [1.165, 1.54) is 5.56 Å². The molecule has 1 heterocycles. The van der Waals surface area contributed by atoms with Crippen LogP contribution in [0.5, 0.6) is 0 Å². The number of benzene rings is 5. The molecule has 2 nitrogen and oxygen atoms in total. The molecule has 0 atom stereocenters. The Kier molecular flexibility index (Phi) is 6.33. The van der Waals surface area contributed by atoms with Gasteiger partial charge >= 0.3 is 0 Å². The Morgan fingerprint density at radius 1 is 0.405 bits per heavy atom. The predicted octanol–water partition coefficient (Wildman–Crippen LogP) is 9.46. The molecule has 0 fully saturated rings. The zero-order chi connectivity index (χ0) is 25.0. The lowest BCUT2D eigenvalue weighted by molar-refractivity contribution is 1.18. The lowest BCUT2D eigenvalue weighted by atomic mass is 9.85. The topological polar surface area (TPSA) is 25.8 Å². The van der Waals surface area contributed by atoms with Crippen molar-refractivity contribution in [1.82, 2.24) is 9.97 Å². The van der Waals surface area contributed by atoms with Crippen molar-refractivity contribution in [2.45, 2.75) is 0 Å². The van der Waals surface area contributed by atoms with Crippen molar-refractivity contribution < 1.29 is 0 Å². The summed E-state index contributed by atoms with van der Waals surface area (Å²) in [6.07, 6.45) is 0. The highest BCUT2D eigenvalue weighted by Gasteiger charge is 2.18. The molecule has 6 aromatic rings. The average Bonchev–Trinajstić information content (AvgIpc) is 2.98. The van der Waals surface area contributed by atoms with Crippen molar-refractivity contribution in [3.05, 3.63) is 145 Å². The molecular formula is C34H23ClN2. The number of aromatic nitrogens is 2. The quantitative estimate of drug-likeness (QED) is 0.223. The normalized spacial score (nSPS) is 10.8. The molecule has 0 aliphatic carbocycles. The van der Waals surface area contributed by atoms with Crippen LogP contribution >= 0.6 is 11.6 Å². The van der Waals surface area contributed by atoms with Gasteiger partial charge in [-0.3, -0.25) is 0 Å². The monoisotopic (exact) mass is 494 g/mol. The summed E-state index contributed by atoms with van der Waals surface area (Å²) in [5.41, 5.74) is 9.61. The van der Waals surface area contributed by atoms with E-state index in [4.69, 9.17) is 16.6 Å². The molecular weight excluding hydrogens is 472 g/mol. The number of hydrogen-bond acceptors (Lipinski definition) is 2. The molecule has 0 unspecified atom stereocenters. The number of nitrogens with zero attached hydrogens (tertiary/aromatic N) is 2. The first kappa shape index (κ1) is 22.9. The first-order valence-electron chi connectivity index (χ1n) is 12.2. The van der Waals surface area contributed by atoms with Crippen LogP contribution in [0, 0.1) is 0 Å². The Morgan fingerprint density at radius 2 is 0.838 bits per heavy atom. The molecule has 0 saturated carbocycles. The van der Waals surface area contributed by atoms with Gasteiger partial charge in [0.1, 0.15) is 5.15 Å². The lowest BCUT2D eigenvalue weighted by Crippen LogP contribution is -1.96. The zero-order valence-corrected chi connectivity index (χ0v) is 20.8. The summed E-state index contributed by atoms with van der Waals surface area (Å²) < 4.78 is 0. The summed E-state index contributed by atoms with van der Waals surface area (Å²) in [7, 11) is 0. The van der Waals surface area contributed by atoms with Gasteiger partial charge in [-0.05, 0) is 45.5 Å². The van der Waals surface area contributed by atoms with E-state index in [-0.39, 0.29) is 0 Å². The molecule has 0 aliphatic rings.